The lowest BCUT2D eigenvalue weighted by molar-refractivity contribution is 0.530. The van der Waals surface area contributed by atoms with E-state index in [-0.39, 0.29) is 12.4 Å². The maximum absolute atomic E-state index is 5.34. The fourth-order valence-electron chi connectivity index (χ4n) is 1.07. The number of halogens is 1. The molecule has 0 saturated carbocycles. The minimum Gasteiger partial charge on any atom is -0.439 e. The van der Waals surface area contributed by atoms with Crippen LogP contribution in [0.15, 0.2) is 23.1 Å². The smallest absolute Gasteiger partial charge is 0.191 e. The highest BCUT2D eigenvalue weighted by atomic mass is 35.5. The number of hydrogen-bond donors (Lipinski definition) is 0. The highest BCUT2D eigenvalue weighted by Crippen LogP contribution is 2.18. The first-order chi connectivity index (χ1) is 5.77. The third-order valence-electron chi connectivity index (χ3n) is 1.69. The Labute approximate surface area is 82.0 Å². The molecule has 0 radical (unpaired) electrons. The van der Waals surface area contributed by atoms with Gasteiger partial charge in [-0.3, -0.25) is 0 Å². The third kappa shape index (κ3) is 1.72. The van der Waals surface area contributed by atoms with Gasteiger partial charge in [-0.05, 0) is 0 Å². The van der Waals surface area contributed by atoms with Crippen molar-refractivity contribution in [2.75, 3.05) is 0 Å². The lowest BCUT2D eigenvalue weighted by atomic mass is 10.4. The van der Waals surface area contributed by atoms with E-state index >= 15 is 0 Å². The summed E-state index contributed by atoms with van der Waals surface area (Å²) in [6.45, 7) is 1.82. The molecular formula is C8H10ClN3O. The predicted octanol–water partition coefficient (Wildman–Crippen LogP) is 1.81. The Hall–Kier alpha value is -1.29. The molecule has 0 amide bonds. The van der Waals surface area contributed by atoms with Crippen LogP contribution in [0.3, 0.4) is 0 Å². The Morgan fingerprint density at radius 3 is 2.62 bits per heavy atom. The van der Waals surface area contributed by atoms with Gasteiger partial charge in [0.05, 0.1) is 18.7 Å². The van der Waals surface area contributed by atoms with E-state index in [1.54, 1.807) is 18.7 Å². The molecule has 2 heterocycles. The number of oxazole rings is 1. The van der Waals surface area contributed by atoms with Crippen LogP contribution in [-0.4, -0.2) is 14.5 Å². The van der Waals surface area contributed by atoms with Gasteiger partial charge in [-0.15, -0.1) is 12.4 Å². The van der Waals surface area contributed by atoms with Crippen LogP contribution in [0.1, 0.15) is 5.89 Å². The summed E-state index contributed by atoms with van der Waals surface area (Å²) in [5.41, 5.74) is 0.940. The van der Waals surface area contributed by atoms with Gasteiger partial charge >= 0.3 is 0 Å². The van der Waals surface area contributed by atoms with Crippen LogP contribution >= 0.6 is 12.4 Å². The molecule has 0 spiro atoms. The lowest BCUT2D eigenvalue weighted by Gasteiger charge is -1.94. The van der Waals surface area contributed by atoms with E-state index in [1.807, 2.05) is 18.5 Å². The van der Waals surface area contributed by atoms with Crippen molar-refractivity contribution in [3.05, 3.63) is 24.6 Å². The molecule has 0 aliphatic carbocycles. The summed E-state index contributed by atoms with van der Waals surface area (Å²) >= 11 is 0. The minimum absolute atomic E-state index is 0. The first-order valence-electron chi connectivity index (χ1n) is 3.66. The molecule has 0 aliphatic rings. The van der Waals surface area contributed by atoms with Gasteiger partial charge in [0.1, 0.15) is 5.69 Å². The van der Waals surface area contributed by atoms with E-state index in [9.17, 15) is 0 Å². The van der Waals surface area contributed by atoms with Crippen LogP contribution in [0, 0.1) is 6.92 Å². The van der Waals surface area contributed by atoms with Gasteiger partial charge in [0.2, 0.25) is 0 Å². The van der Waals surface area contributed by atoms with Crippen molar-refractivity contribution < 1.29 is 4.42 Å². The monoisotopic (exact) mass is 199 g/mol. The molecule has 0 atom stereocenters. The van der Waals surface area contributed by atoms with Crippen LogP contribution in [0.5, 0.6) is 0 Å². The zero-order chi connectivity index (χ0) is 8.55. The zero-order valence-electron chi connectivity index (χ0n) is 7.39. The highest BCUT2D eigenvalue weighted by Gasteiger charge is 2.06. The molecule has 0 aromatic carbocycles. The van der Waals surface area contributed by atoms with Gasteiger partial charge in [-0.1, -0.05) is 0 Å². The molecule has 2 rings (SSSR count). The molecule has 70 valence electrons. The van der Waals surface area contributed by atoms with E-state index in [1.165, 1.54) is 0 Å². The second kappa shape index (κ2) is 3.62. The maximum atomic E-state index is 5.34. The third-order valence-corrected chi connectivity index (χ3v) is 1.69. The molecule has 0 unspecified atom stereocenters. The summed E-state index contributed by atoms with van der Waals surface area (Å²) in [5, 5.41) is 0. The van der Waals surface area contributed by atoms with E-state index in [2.05, 4.69) is 9.97 Å². The number of rotatable bonds is 1. The molecule has 0 fully saturated rings. The van der Waals surface area contributed by atoms with E-state index in [4.69, 9.17) is 4.42 Å². The quantitative estimate of drug-likeness (QED) is 0.704. The first-order valence-corrected chi connectivity index (χ1v) is 3.66. The molecule has 2 aromatic rings. The summed E-state index contributed by atoms with van der Waals surface area (Å²) in [5.74, 6) is 1.43. The Balaban J connectivity index is 0.000000845. The molecule has 0 aliphatic heterocycles. The molecule has 4 nitrogen and oxygen atoms in total. The van der Waals surface area contributed by atoms with Gasteiger partial charge in [0, 0.05) is 14.0 Å². The molecule has 5 heteroatoms. The van der Waals surface area contributed by atoms with Crippen LogP contribution in [0.4, 0.5) is 0 Å². The number of nitrogens with zero attached hydrogens (tertiary/aromatic N) is 3. The SMILES string of the molecule is Cc1ncc(-c2cncn2C)o1.Cl. The largest absolute Gasteiger partial charge is 0.439 e. The van der Waals surface area contributed by atoms with Gasteiger partial charge in [-0.25, -0.2) is 9.97 Å². The second-order valence-electron chi connectivity index (χ2n) is 2.63. The molecule has 0 N–H and O–H groups in total. The average molecular weight is 200 g/mol. The average Bonchev–Trinajstić information content (AvgIpc) is 2.58. The highest BCUT2D eigenvalue weighted by molar-refractivity contribution is 5.85. The fourth-order valence-corrected chi connectivity index (χ4v) is 1.07. The van der Waals surface area contributed by atoms with Crippen LogP contribution in [0.2, 0.25) is 0 Å². The van der Waals surface area contributed by atoms with Crippen LogP contribution in [0.25, 0.3) is 11.5 Å². The van der Waals surface area contributed by atoms with Gasteiger partial charge in [-0.2, -0.15) is 0 Å². The van der Waals surface area contributed by atoms with Crippen LogP contribution < -0.4 is 0 Å². The fraction of sp³-hybridized carbons (Fsp3) is 0.250. The second-order valence-corrected chi connectivity index (χ2v) is 2.63. The lowest BCUT2D eigenvalue weighted by Crippen LogP contribution is -1.86. The Morgan fingerprint density at radius 2 is 2.15 bits per heavy atom. The Morgan fingerprint density at radius 1 is 1.38 bits per heavy atom. The van der Waals surface area contributed by atoms with Crippen molar-refractivity contribution >= 4 is 12.4 Å². The van der Waals surface area contributed by atoms with Crippen molar-refractivity contribution in [3.63, 3.8) is 0 Å². The summed E-state index contributed by atoms with van der Waals surface area (Å²) in [7, 11) is 1.92. The summed E-state index contributed by atoms with van der Waals surface area (Å²) < 4.78 is 7.23. The molecule has 13 heavy (non-hydrogen) atoms. The normalized spacial score (nSPS) is 9.69. The topological polar surface area (TPSA) is 43.9 Å². The van der Waals surface area contributed by atoms with Crippen molar-refractivity contribution in [3.8, 4) is 11.5 Å². The van der Waals surface area contributed by atoms with Gasteiger partial charge < -0.3 is 8.98 Å². The Bertz CT molecular complexity index is 394. The molecular weight excluding hydrogens is 190 g/mol. The molecule has 0 bridgehead atoms. The van der Waals surface area contributed by atoms with E-state index < -0.39 is 0 Å². The maximum Gasteiger partial charge on any atom is 0.191 e. The van der Waals surface area contributed by atoms with Crippen LogP contribution in [-0.2, 0) is 7.05 Å². The summed E-state index contributed by atoms with van der Waals surface area (Å²) in [4.78, 5) is 7.99. The number of hydrogen-bond acceptors (Lipinski definition) is 3. The van der Waals surface area contributed by atoms with Crippen molar-refractivity contribution in [2.24, 2.45) is 7.05 Å². The standard InChI is InChI=1S/C8H9N3O.ClH/c1-6-10-4-8(12-6)7-3-9-5-11(7)2;/h3-5H,1-2H3;1H. The minimum atomic E-state index is 0. The Kier molecular flexibility index (Phi) is 2.72. The van der Waals surface area contributed by atoms with E-state index in [0.717, 1.165) is 11.5 Å². The number of aromatic nitrogens is 3. The zero-order valence-corrected chi connectivity index (χ0v) is 8.21. The first kappa shape index (κ1) is 9.80. The number of imidazole rings is 1. The summed E-state index contributed by atoms with van der Waals surface area (Å²) in [6, 6.07) is 0. The van der Waals surface area contributed by atoms with E-state index in [0.29, 0.717) is 5.89 Å². The van der Waals surface area contributed by atoms with Crippen molar-refractivity contribution in [2.45, 2.75) is 6.92 Å². The number of aryl methyl sites for hydroxylation is 2. The van der Waals surface area contributed by atoms with Crippen molar-refractivity contribution in [1.82, 2.24) is 14.5 Å². The predicted molar refractivity (Wildman–Crippen MR) is 50.7 cm³/mol. The van der Waals surface area contributed by atoms with Gasteiger partial charge in [0.25, 0.3) is 0 Å². The summed E-state index contributed by atoms with van der Waals surface area (Å²) in [6.07, 6.45) is 5.18. The molecule has 2 aromatic heterocycles. The van der Waals surface area contributed by atoms with Gasteiger partial charge in [0.15, 0.2) is 11.7 Å². The van der Waals surface area contributed by atoms with Crippen molar-refractivity contribution in [1.29, 1.82) is 0 Å². The molecule has 0 saturated heterocycles.